The lowest BCUT2D eigenvalue weighted by molar-refractivity contribution is 0.0496. The molecule has 0 aliphatic carbocycles. The zero-order chi connectivity index (χ0) is 9.56. The molecule has 0 amide bonds. The van der Waals surface area contributed by atoms with Crippen LogP contribution in [0.3, 0.4) is 0 Å². The second kappa shape index (κ2) is 6.34. The Kier molecular flexibility index (Phi) is 6.24. The van der Waals surface area contributed by atoms with Gasteiger partial charge in [0, 0.05) is 33.2 Å². The van der Waals surface area contributed by atoms with Crippen LogP contribution in [0.25, 0.3) is 0 Å². The Bertz CT molecular complexity index is 94.5. The van der Waals surface area contributed by atoms with Gasteiger partial charge in [-0.2, -0.15) is 0 Å². The predicted molar refractivity (Wildman–Crippen MR) is 49.8 cm³/mol. The number of halogens is 1. The van der Waals surface area contributed by atoms with Crippen molar-refractivity contribution in [1.29, 1.82) is 0 Å². The molecule has 0 rings (SSSR count). The Balaban J connectivity index is 3.27. The molecule has 0 spiro atoms. The summed E-state index contributed by atoms with van der Waals surface area (Å²) in [5, 5.41) is 0.714. The van der Waals surface area contributed by atoms with Gasteiger partial charge in [0.15, 0.2) is 0 Å². The minimum Gasteiger partial charge on any atom is -0.308 e. The van der Waals surface area contributed by atoms with E-state index in [-0.39, 0.29) is 0 Å². The van der Waals surface area contributed by atoms with Crippen LogP contribution in [0.2, 0.25) is 0 Å². The number of hydrogen-bond donors (Lipinski definition) is 0. The van der Waals surface area contributed by atoms with Crippen LogP contribution in [0.15, 0.2) is 0 Å². The molecular weight excluding hydrogens is 157 g/mol. The van der Waals surface area contributed by atoms with Crippen LogP contribution in [0.4, 0.5) is 4.48 Å². The van der Waals surface area contributed by atoms with Crippen molar-refractivity contribution >= 4 is 0 Å². The van der Waals surface area contributed by atoms with Gasteiger partial charge in [0.05, 0.1) is 0 Å². The first kappa shape index (κ1) is 11.8. The minimum absolute atomic E-state index is 0.476. The van der Waals surface area contributed by atoms with Crippen molar-refractivity contribution in [2.24, 2.45) is 0 Å². The summed E-state index contributed by atoms with van der Waals surface area (Å²) in [6, 6.07) is 0. The first-order valence-electron chi connectivity index (χ1n) is 4.22. The van der Waals surface area contributed by atoms with Crippen LogP contribution < -0.4 is 0 Å². The van der Waals surface area contributed by atoms with Gasteiger partial charge >= 0.3 is 0 Å². The molecule has 0 bridgehead atoms. The molecule has 4 heteroatoms. The fourth-order valence-corrected chi connectivity index (χ4v) is 0.791. The van der Waals surface area contributed by atoms with E-state index in [1.54, 1.807) is 0 Å². The quantitative estimate of drug-likeness (QED) is 0.540. The summed E-state index contributed by atoms with van der Waals surface area (Å²) in [6.45, 7) is 3.26. The molecule has 74 valence electrons. The molecule has 0 saturated heterocycles. The Hall–Kier alpha value is -0.190. The third-order valence-electron chi connectivity index (χ3n) is 1.72. The van der Waals surface area contributed by atoms with Crippen LogP contribution in [0.5, 0.6) is 0 Å². The highest BCUT2D eigenvalue weighted by Gasteiger charge is 2.00. The Labute approximate surface area is 74.7 Å². The summed E-state index contributed by atoms with van der Waals surface area (Å²) < 4.78 is 12.3. The van der Waals surface area contributed by atoms with E-state index in [0.29, 0.717) is 11.7 Å². The van der Waals surface area contributed by atoms with Crippen LogP contribution in [-0.2, 0) is 0 Å². The summed E-state index contributed by atoms with van der Waals surface area (Å²) in [5.41, 5.74) is 0. The molecular formula is C8H20FN3. The first-order chi connectivity index (χ1) is 5.52. The SMILES string of the molecule is CN(C)CCN(C)CCN(C)F. The zero-order valence-electron chi connectivity index (χ0n) is 8.55. The zero-order valence-corrected chi connectivity index (χ0v) is 8.55. The maximum absolute atomic E-state index is 12.3. The van der Waals surface area contributed by atoms with Gasteiger partial charge < -0.3 is 9.80 Å². The van der Waals surface area contributed by atoms with Gasteiger partial charge in [-0.15, -0.1) is 9.60 Å². The molecule has 0 aliphatic heterocycles. The van der Waals surface area contributed by atoms with Crippen LogP contribution >= 0.6 is 0 Å². The molecule has 0 aromatic rings. The van der Waals surface area contributed by atoms with E-state index >= 15 is 0 Å². The second-order valence-electron chi connectivity index (χ2n) is 3.43. The van der Waals surface area contributed by atoms with E-state index in [0.717, 1.165) is 19.6 Å². The maximum Gasteiger partial charge on any atom is 0.0414 e. The topological polar surface area (TPSA) is 9.72 Å². The van der Waals surface area contributed by atoms with Crippen LogP contribution in [-0.4, -0.2) is 69.3 Å². The largest absolute Gasteiger partial charge is 0.308 e. The van der Waals surface area contributed by atoms with Gasteiger partial charge in [-0.3, -0.25) is 0 Å². The molecule has 0 unspecified atom stereocenters. The van der Waals surface area contributed by atoms with Crippen molar-refractivity contribution in [2.75, 3.05) is 54.4 Å². The maximum atomic E-state index is 12.3. The fraction of sp³-hybridized carbons (Fsp3) is 1.00. The standard InChI is InChI=1S/C8H20FN3/c1-10(2)5-6-11(3)7-8-12(4)9/h5-8H2,1-4H3. The lowest BCUT2D eigenvalue weighted by atomic mass is 10.5. The van der Waals surface area contributed by atoms with Gasteiger partial charge in [-0.05, 0) is 21.1 Å². The molecule has 0 atom stereocenters. The Morgan fingerprint density at radius 3 is 1.75 bits per heavy atom. The number of rotatable bonds is 6. The van der Waals surface area contributed by atoms with Crippen molar-refractivity contribution in [3.8, 4) is 0 Å². The number of hydrogen-bond acceptors (Lipinski definition) is 3. The summed E-state index contributed by atoms with van der Waals surface area (Å²) in [4.78, 5) is 4.24. The average molecular weight is 177 g/mol. The van der Waals surface area contributed by atoms with Gasteiger partial charge in [0.1, 0.15) is 0 Å². The smallest absolute Gasteiger partial charge is 0.0414 e. The van der Waals surface area contributed by atoms with Crippen molar-refractivity contribution < 1.29 is 4.48 Å². The molecule has 0 saturated carbocycles. The van der Waals surface area contributed by atoms with E-state index < -0.39 is 0 Å². The highest BCUT2D eigenvalue weighted by Crippen LogP contribution is 1.87. The van der Waals surface area contributed by atoms with E-state index in [9.17, 15) is 4.48 Å². The molecule has 0 fully saturated rings. The number of nitrogens with zero attached hydrogens (tertiary/aromatic N) is 3. The van der Waals surface area contributed by atoms with Gasteiger partial charge in [-0.1, -0.05) is 0 Å². The fourth-order valence-electron chi connectivity index (χ4n) is 0.791. The lowest BCUT2D eigenvalue weighted by Crippen LogP contribution is -2.32. The molecule has 0 heterocycles. The molecule has 0 aromatic heterocycles. The normalized spacial score (nSPS) is 12.0. The predicted octanol–water partition coefficient (Wildman–Crippen LogP) is 0.296. The summed E-state index contributed by atoms with van der Waals surface area (Å²) >= 11 is 0. The Morgan fingerprint density at radius 2 is 1.33 bits per heavy atom. The molecule has 0 N–H and O–H groups in total. The summed E-state index contributed by atoms with van der Waals surface area (Å²) in [6.07, 6.45) is 0. The van der Waals surface area contributed by atoms with E-state index in [1.165, 1.54) is 7.05 Å². The van der Waals surface area contributed by atoms with Crippen molar-refractivity contribution in [3.63, 3.8) is 0 Å². The van der Waals surface area contributed by atoms with Crippen molar-refractivity contribution in [1.82, 2.24) is 14.9 Å². The molecule has 12 heavy (non-hydrogen) atoms. The van der Waals surface area contributed by atoms with Gasteiger partial charge in [0.2, 0.25) is 0 Å². The first-order valence-corrected chi connectivity index (χ1v) is 4.22. The van der Waals surface area contributed by atoms with Gasteiger partial charge in [-0.25, -0.2) is 0 Å². The molecule has 0 radical (unpaired) electrons. The minimum atomic E-state index is 0.476. The average Bonchev–Trinajstić information content (AvgIpc) is 1.96. The van der Waals surface area contributed by atoms with Crippen molar-refractivity contribution in [3.05, 3.63) is 0 Å². The second-order valence-corrected chi connectivity index (χ2v) is 3.43. The van der Waals surface area contributed by atoms with Crippen LogP contribution in [0.1, 0.15) is 0 Å². The van der Waals surface area contributed by atoms with E-state index in [4.69, 9.17) is 0 Å². The van der Waals surface area contributed by atoms with E-state index in [2.05, 4.69) is 9.80 Å². The highest BCUT2D eigenvalue weighted by atomic mass is 19.2. The van der Waals surface area contributed by atoms with Gasteiger partial charge in [0.25, 0.3) is 0 Å². The summed E-state index contributed by atoms with van der Waals surface area (Å²) in [5.74, 6) is 0. The Morgan fingerprint density at radius 1 is 0.833 bits per heavy atom. The van der Waals surface area contributed by atoms with Crippen molar-refractivity contribution in [2.45, 2.75) is 0 Å². The summed E-state index contributed by atoms with van der Waals surface area (Å²) in [7, 11) is 7.52. The number of likely N-dealkylation sites (N-methyl/N-ethyl adjacent to an activating group) is 3. The third-order valence-corrected chi connectivity index (χ3v) is 1.72. The monoisotopic (exact) mass is 177 g/mol. The molecule has 0 aliphatic rings. The van der Waals surface area contributed by atoms with E-state index in [1.807, 2.05) is 21.1 Å². The third kappa shape index (κ3) is 7.91. The lowest BCUT2D eigenvalue weighted by Gasteiger charge is -2.19. The molecule has 0 aromatic carbocycles. The molecule has 3 nitrogen and oxygen atoms in total. The highest BCUT2D eigenvalue weighted by molar-refractivity contribution is 4.54. The van der Waals surface area contributed by atoms with Crippen LogP contribution in [0, 0.1) is 0 Å².